The number of hydrogen-bond acceptors (Lipinski definition) is 4. The number of likely N-dealkylation sites (tertiary alicyclic amines) is 1. The van der Waals surface area contributed by atoms with Crippen molar-refractivity contribution < 1.29 is 14.7 Å². The fraction of sp³-hybridized carbons (Fsp3) is 0.467. The Balaban J connectivity index is 1.83. The number of carbonyl (C=O) groups is 2. The molecule has 1 amide bonds. The van der Waals surface area contributed by atoms with Crippen molar-refractivity contribution in [2.45, 2.75) is 26.3 Å². The predicted molar refractivity (Wildman–Crippen MR) is 81.7 cm³/mol. The monoisotopic (exact) mass is 317 g/mol. The molecular weight excluding hydrogens is 298 g/mol. The van der Waals surface area contributed by atoms with Gasteiger partial charge in [0.05, 0.1) is 29.6 Å². The molecule has 2 aromatic rings. The summed E-state index contributed by atoms with van der Waals surface area (Å²) in [5.41, 5.74) is 1.86. The van der Waals surface area contributed by atoms with E-state index in [4.69, 9.17) is 5.11 Å². The highest BCUT2D eigenvalue weighted by Crippen LogP contribution is 2.24. The second-order valence-electron chi connectivity index (χ2n) is 5.67. The average Bonchev–Trinajstić information content (AvgIpc) is 3.22. The summed E-state index contributed by atoms with van der Waals surface area (Å²) in [5.74, 6) is -1.53. The van der Waals surface area contributed by atoms with Crippen LogP contribution in [0.3, 0.4) is 0 Å². The van der Waals surface area contributed by atoms with Gasteiger partial charge >= 0.3 is 5.97 Å². The summed E-state index contributed by atoms with van der Waals surface area (Å²) >= 11 is 0. The van der Waals surface area contributed by atoms with E-state index in [-0.39, 0.29) is 12.5 Å². The van der Waals surface area contributed by atoms with E-state index in [1.165, 1.54) is 6.20 Å². The SMILES string of the molecule is CCn1cc(-c2[nH]ncc2C(=O)N2CCCC(C(=O)O)C2)cn1. The fourth-order valence-electron chi connectivity index (χ4n) is 2.87. The zero-order chi connectivity index (χ0) is 16.4. The molecule has 8 nitrogen and oxygen atoms in total. The average molecular weight is 317 g/mol. The van der Waals surface area contributed by atoms with Gasteiger partial charge in [-0.25, -0.2) is 0 Å². The van der Waals surface area contributed by atoms with Crippen LogP contribution in [0.5, 0.6) is 0 Å². The number of carbonyl (C=O) groups excluding carboxylic acids is 1. The zero-order valence-electron chi connectivity index (χ0n) is 12.9. The van der Waals surface area contributed by atoms with Gasteiger partial charge in [-0.3, -0.25) is 19.4 Å². The Kier molecular flexibility index (Phi) is 4.14. The maximum absolute atomic E-state index is 12.7. The molecule has 0 bridgehead atoms. The first-order valence-corrected chi connectivity index (χ1v) is 7.68. The van der Waals surface area contributed by atoms with E-state index in [9.17, 15) is 9.59 Å². The molecule has 3 heterocycles. The van der Waals surface area contributed by atoms with E-state index in [1.807, 2.05) is 13.1 Å². The van der Waals surface area contributed by atoms with Crippen LogP contribution < -0.4 is 0 Å². The molecule has 1 aliphatic rings. The number of nitrogens with zero attached hydrogens (tertiary/aromatic N) is 4. The molecule has 0 aliphatic carbocycles. The first-order valence-electron chi connectivity index (χ1n) is 7.68. The van der Waals surface area contributed by atoms with E-state index in [0.29, 0.717) is 30.6 Å². The van der Waals surface area contributed by atoms with E-state index in [2.05, 4.69) is 15.3 Å². The number of aromatic nitrogens is 4. The van der Waals surface area contributed by atoms with Gasteiger partial charge in [0.25, 0.3) is 5.91 Å². The van der Waals surface area contributed by atoms with Gasteiger partial charge in [0, 0.05) is 31.4 Å². The van der Waals surface area contributed by atoms with Crippen molar-refractivity contribution in [1.29, 1.82) is 0 Å². The van der Waals surface area contributed by atoms with Crippen LogP contribution >= 0.6 is 0 Å². The van der Waals surface area contributed by atoms with E-state index < -0.39 is 11.9 Å². The van der Waals surface area contributed by atoms with Gasteiger partial charge in [-0.15, -0.1) is 0 Å². The fourth-order valence-corrected chi connectivity index (χ4v) is 2.87. The van der Waals surface area contributed by atoms with Crippen LogP contribution in [0.15, 0.2) is 18.6 Å². The number of nitrogens with one attached hydrogen (secondary N) is 1. The zero-order valence-corrected chi connectivity index (χ0v) is 12.9. The second kappa shape index (κ2) is 6.23. The Morgan fingerprint density at radius 3 is 2.96 bits per heavy atom. The number of H-pyrrole nitrogens is 1. The highest BCUT2D eigenvalue weighted by atomic mass is 16.4. The topological polar surface area (TPSA) is 104 Å². The van der Waals surface area contributed by atoms with Gasteiger partial charge in [0.2, 0.25) is 0 Å². The minimum absolute atomic E-state index is 0.191. The van der Waals surface area contributed by atoms with E-state index >= 15 is 0 Å². The first-order chi connectivity index (χ1) is 11.1. The third kappa shape index (κ3) is 2.96. The van der Waals surface area contributed by atoms with Gasteiger partial charge in [0.15, 0.2) is 0 Å². The Morgan fingerprint density at radius 1 is 1.43 bits per heavy atom. The number of aromatic amines is 1. The number of carboxylic acid groups (broad SMARTS) is 1. The molecular formula is C15H19N5O3. The minimum atomic E-state index is -0.848. The number of piperidine rings is 1. The molecule has 23 heavy (non-hydrogen) atoms. The van der Waals surface area contributed by atoms with Gasteiger partial charge in [-0.1, -0.05) is 0 Å². The molecule has 1 atom stereocenters. The van der Waals surface area contributed by atoms with Crippen molar-refractivity contribution in [2.24, 2.45) is 5.92 Å². The number of aliphatic carboxylic acids is 1. The molecule has 0 spiro atoms. The summed E-state index contributed by atoms with van der Waals surface area (Å²) in [7, 11) is 0. The molecule has 0 saturated carbocycles. The number of hydrogen-bond donors (Lipinski definition) is 2. The summed E-state index contributed by atoms with van der Waals surface area (Å²) in [6.07, 6.45) is 6.33. The second-order valence-corrected chi connectivity index (χ2v) is 5.67. The lowest BCUT2D eigenvalue weighted by Crippen LogP contribution is -2.42. The smallest absolute Gasteiger partial charge is 0.308 e. The number of amides is 1. The number of aryl methyl sites for hydroxylation is 1. The highest BCUT2D eigenvalue weighted by molar-refractivity contribution is 5.99. The van der Waals surface area contributed by atoms with Crippen LogP contribution in [-0.2, 0) is 11.3 Å². The van der Waals surface area contributed by atoms with Crippen molar-refractivity contribution in [3.05, 3.63) is 24.2 Å². The van der Waals surface area contributed by atoms with Crippen LogP contribution in [-0.4, -0.2) is 55.0 Å². The molecule has 1 fully saturated rings. The molecule has 1 aliphatic heterocycles. The number of rotatable bonds is 4. The quantitative estimate of drug-likeness (QED) is 0.882. The molecule has 0 radical (unpaired) electrons. The van der Waals surface area contributed by atoms with Crippen molar-refractivity contribution in [3.63, 3.8) is 0 Å². The van der Waals surface area contributed by atoms with E-state index in [1.54, 1.807) is 15.8 Å². The van der Waals surface area contributed by atoms with Gasteiger partial charge in [-0.05, 0) is 19.8 Å². The normalized spacial score (nSPS) is 18.1. The standard InChI is InChI=1S/C15H19N5O3/c1-2-20-9-11(6-17-20)13-12(7-16-18-13)14(21)19-5-3-4-10(8-19)15(22)23/h6-7,9-10H,2-5,8H2,1H3,(H,16,18)(H,22,23). The lowest BCUT2D eigenvalue weighted by atomic mass is 9.97. The van der Waals surface area contributed by atoms with Crippen molar-refractivity contribution in [2.75, 3.05) is 13.1 Å². The minimum Gasteiger partial charge on any atom is -0.481 e. The van der Waals surface area contributed by atoms with Crippen molar-refractivity contribution in [3.8, 4) is 11.3 Å². The van der Waals surface area contributed by atoms with Gasteiger partial charge in [-0.2, -0.15) is 10.2 Å². The molecule has 2 N–H and O–H groups in total. The lowest BCUT2D eigenvalue weighted by Gasteiger charge is -2.30. The first kappa shape index (κ1) is 15.3. The Hall–Kier alpha value is -2.64. The molecule has 3 rings (SSSR count). The summed E-state index contributed by atoms with van der Waals surface area (Å²) in [5, 5.41) is 20.2. The van der Waals surface area contributed by atoms with Gasteiger partial charge in [0.1, 0.15) is 0 Å². The molecule has 8 heteroatoms. The van der Waals surface area contributed by atoms with Crippen molar-refractivity contribution in [1.82, 2.24) is 24.9 Å². The summed E-state index contributed by atoms with van der Waals surface area (Å²) in [6.45, 7) is 3.54. The maximum Gasteiger partial charge on any atom is 0.308 e. The molecule has 2 aromatic heterocycles. The predicted octanol–water partition coefficient (Wildman–Crippen LogP) is 1.23. The number of carboxylic acids is 1. The molecule has 1 saturated heterocycles. The maximum atomic E-state index is 12.7. The van der Waals surface area contributed by atoms with Crippen LogP contribution in [0.1, 0.15) is 30.1 Å². The van der Waals surface area contributed by atoms with Crippen LogP contribution in [0.4, 0.5) is 0 Å². The van der Waals surface area contributed by atoms with E-state index in [0.717, 1.165) is 12.1 Å². The van der Waals surface area contributed by atoms with Crippen LogP contribution in [0.25, 0.3) is 11.3 Å². The summed E-state index contributed by atoms with van der Waals surface area (Å²) < 4.78 is 1.77. The summed E-state index contributed by atoms with van der Waals surface area (Å²) in [4.78, 5) is 25.5. The lowest BCUT2D eigenvalue weighted by molar-refractivity contribution is -0.143. The third-order valence-electron chi connectivity index (χ3n) is 4.17. The summed E-state index contributed by atoms with van der Waals surface area (Å²) in [6, 6.07) is 0. The Morgan fingerprint density at radius 2 is 2.26 bits per heavy atom. The van der Waals surface area contributed by atoms with Gasteiger partial charge < -0.3 is 10.0 Å². The van der Waals surface area contributed by atoms with Crippen molar-refractivity contribution >= 4 is 11.9 Å². The molecule has 122 valence electrons. The highest BCUT2D eigenvalue weighted by Gasteiger charge is 2.30. The Bertz CT molecular complexity index is 720. The van der Waals surface area contributed by atoms with Crippen LogP contribution in [0.2, 0.25) is 0 Å². The third-order valence-corrected chi connectivity index (χ3v) is 4.17. The molecule has 0 aromatic carbocycles. The largest absolute Gasteiger partial charge is 0.481 e. The van der Waals surface area contributed by atoms with Crippen LogP contribution in [0, 0.1) is 5.92 Å². The Labute approximate surface area is 133 Å². The molecule has 1 unspecified atom stereocenters.